The first kappa shape index (κ1) is 18.0. The monoisotopic (exact) mass is 394 g/mol. The zero-order valence-corrected chi connectivity index (χ0v) is 15.9. The van der Waals surface area contributed by atoms with Crippen molar-refractivity contribution >= 4 is 33.1 Å². The van der Waals surface area contributed by atoms with Crippen molar-refractivity contribution in [2.24, 2.45) is 0 Å². The summed E-state index contributed by atoms with van der Waals surface area (Å²) < 4.78 is 20.1. The topological polar surface area (TPSA) is 77.0 Å². The van der Waals surface area contributed by atoms with E-state index < -0.39 is 5.82 Å². The van der Waals surface area contributed by atoms with Gasteiger partial charge in [-0.25, -0.2) is 9.37 Å². The summed E-state index contributed by atoms with van der Waals surface area (Å²) in [5.41, 5.74) is 4.64. The first-order valence-corrected chi connectivity index (χ1v) is 9.31. The number of nitrogens with one attached hydrogen (secondary N) is 1. The van der Waals surface area contributed by atoms with Gasteiger partial charge in [-0.1, -0.05) is 12.1 Å². The maximum absolute atomic E-state index is 13.8. The minimum Gasteiger partial charge on any atom is -0.421 e. The van der Waals surface area contributed by atoms with Gasteiger partial charge in [0.25, 0.3) is 5.91 Å². The van der Waals surface area contributed by atoms with Gasteiger partial charge >= 0.3 is 6.01 Å². The Morgan fingerprint density at radius 3 is 2.61 bits per heavy atom. The van der Waals surface area contributed by atoms with E-state index in [-0.39, 0.29) is 17.7 Å². The van der Waals surface area contributed by atoms with Crippen molar-refractivity contribution in [2.75, 3.05) is 5.32 Å². The van der Waals surface area contributed by atoms with E-state index in [0.29, 0.717) is 22.6 Å². The number of benzene rings is 2. The van der Waals surface area contributed by atoms with Gasteiger partial charge in [0.1, 0.15) is 0 Å². The summed E-state index contributed by atoms with van der Waals surface area (Å²) in [6.07, 6.45) is 0. The van der Waals surface area contributed by atoms with Crippen LogP contribution in [0.5, 0.6) is 11.8 Å². The van der Waals surface area contributed by atoms with E-state index in [9.17, 15) is 9.18 Å². The number of para-hydroxylation sites is 1. The summed E-state index contributed by atoms with van der Waals surface area (Å²) in [4.78, 5) is 25.3. The molecule has 0 saturated carbocycles. The fraction of sp³-hybridized carbons (Fsp3) is 0.100. The Balaban J connectivity index is 1.57. The number of hydrogen-bond donors (Lipinski definition) is 1. The summed E-state index contributed by atoms with van der Waals surface area (Å²) in [7, 11) is 0. The molecule has 2 heterocycles. The summed E-state index contributed by atoms with van der Waals surface area (Å²) in [6.45, 7) is 3.45. The molecule has 2 aromatic heterocycles. The lowest BCUT2D eigenvalue weighted by Gasteiger charge is -2.12. The Kier molecular flexibility index (Phi) is 4.70. The van der Waals surface area contributed by atoms with Crippen molar-refractivity contribution in [2.45, 2.75) is 13.8 Å². The normalized spacial score (nSPS) is 10.8. The van der Waals surface area contributed by atoms with Gasteiger partial charge in [0.2, 0.25) is 0 Å². The van der Waals surface area contributed by atoms with E-state index >= 15 is 0 Å². The number of carbonyl (C=O) groups excluding carboxylic acids is 1. The highest BCUT2D eigenvalue weighted by molar-refractivity contribution is 7.16. The van der Waals surface area contributed by atoms with E-state index in [1.54, 1.807) is 43.6 Å². The molecule has 0 radical (unpaired) electrons. The van der Waals surface area contributed by atoms with Crippen LogP contribution in [0.15, 0.2) is 48.0 Å². The molecule has 0 fully saturated rings. The predicted molar refractivity (Wildman–Crippen MR) is 106 cm³/mol. The van der Waals surface area contributed by atoms with Crippen molar-refractivity contribution < 1.29 is 13.9 Å². The van der Waals surface area contributed by atoms with Crippen LogP contribution in [-0.2, 0) is 0 Å². The SMILES string of the molecule is Cc1nc(Oc2ccccc2F)nc(C)c1NC(=O)c1ccc2ncsc2c1. The van der Waals surface area contributed by atoms with Crippen LogP contribution in [0.2, 0.25) is 0 Å². The number of hydrogen-bond acceptors (Lipinski definition) is 6. The van der Waals surface area contributed by atoms with E-state index in [2.05, 4.69) is 20.3 Å². The zero-order valence-electron chi connectivity index (χ0n) is 15.1. The lowest BCUT2D eigenvalue weighted by atomic mass is 10.2. The molecule has 0 aliphatic rings. The molecule has 2 aromatic carbocycles. The molecule has 1 N–H and O–H groups in total. The van der Waals surface area contributed by atoms with Crippen molar-refractivity contribution in [1.82, 2.24) is 15.0 Å². The van der Waals surface area contributed by atoms with Crippen molar-refractivity contribution in [1.29, 1.82) is 0 Å². The molecule has 140 valence electrons. The lowest BCUT2D eigenvalue weighted by molar-refractivity contribution is 0.102. The third-order valence-electron chi connectivity index (χ3n) is 4.12. The number of aromatic nitrogens is 3. The fourth-order valence-electron chi connectivity index (χ4n) is 2.72. The molecule has 8 heteroatoms. The molecule has 4 aromatic rings. The van der Waals surface area contributed by atoms with Crippen LogP contribution in [0, 0.1) is 19.7 Å². The Hall–Kier alpha value is -3.39. The van der Waals surface area contributed by atoms with Gasteiger partial charge in [-0.15, -0.1) is 11.3 Å². The molecule has 0 spiro atoms. The molecular formula is C20H15FN4O2S. The number of carbonyl (C=O) groups is 1. The highest BCUT2D eigenvalue weighted by atomic mass is 32.1. The van der Waals surface area contributed by atoms with Crippen LogP contribution >= 0.6 is 11.3 Å². The molecule has 0 aliphatic carbocycles. The number of rotatable bonds is 4. The minimum atomic E-state index is -0.503. The molecule has 0 saturated heterocycles. The Morgan fingerprint density at radius 1 is 1.11 bits per heavy atom. The maximum Gasteiger partial charge on any atom is 0.322 e. The van der Waals surface area contributed by atoms with Gasteiger partial charge in [-0.2, -0.15) is 9.97 Å². The summed E-state index contributed by atoms with van der Waals surface area (Å²) in [5, 5.41) is 2.84. The predicted octanol–water partition coefficient (Wildman–Crippen LogP) is 4.89. The number of aryl methyl sites for hydroxylation is 2. The van der Waals surface area contributed by atoms with Gasteiger partial charge in [0, 0.05) is 5.56 Å². The number of anilines is 1. The zero-order chi connectivity index (χ0) is 19.7. The molecule has 4 rings (SSSR count). The second-order valence-electron chi connectivity index (χ2n) is 6.07. The number of halogens is 1. The average Bonchev–Trinajstić information content (AvgIpc) is 3.14. The molecule has 0 bridgehead atoms. The molecule has 0 unspecified atom stereocenters. The van der Waals surface area contributed by atoms with Gasteiger partial charge in [0.05, 0.1) is 32.8 Å². The molecule has 6 nitrogen and oxygen atoms in total. The number of nitrogens with zero attached hydrogens (tertiary/aromatic N) is 3. The van der Waals surface area contributed by atoms with Crippen LogP contribution < -0.4 is 10.1 Å². The summed E-state index contributed by atoms with van der Waals surface area (Å²) in [5.74, 6) is -0.735. The highest BCUT2D eigenvalue weighted by Gasteiger charge is 2.15. The standard InChI is InChI=1S/C20H15FN4O2S/c1-11-18(25-19(26)13-7-8-15-17(9-13)28-10-22-15)12(2)24-20(23-11)27-16-6-4-3-5-14(16)21/h3-10H,1-2H3,(H,25,26). The Labute approximate surface area is 164 Å². The van der Waals surface area contributed by atoms with Gasteiger partial charge in [-0.3, -0.25) is 4.79 Å². The van der Waals surface area contributed by atoms with E-state index in [0.717, 1.165) is 10.2 Å². The maximum atomic E-state index is 13.8. The molecule has 0 aliphatic heterocycles. The van der Waals surface area contributed by atoms with Crippen LogP contribution in [0.4, 0.5) is 10.1 Å². The summed E-state index contributed by atoms with van der Waals surface area (Å²) in [6, 6.07) is 11.4. The molecule has 0 atom stereocenters. The van der Waals surface area contributed by atoms with Crippen molar-refractivity contribution in [3.63, 3.8) is 0 Å². The third-order valence-corrected chi connectivity index (χ3v) is 4.91. The average molecular weight is 394 g/mol. The molecule has 28 heavy (non-hydrogen) atoms. The number of amides is 1. The lowest BCUT2D eigenvalue weighted by Crippen LogP contribution is -2.15. The van der Waals surface area contributed by atoms with Crippen molar-refractivity contribution in [3.8, 4) is 11.8 Å². The Bertz CT molecular complexity index is 1170. The first-order valence-electron chi connectivity index (χ1n) is 8.43. The van der Waals surface area contributed by atoms with Gasteiger partial charge in [-0.05, 0) is 44.2 Å². The second-order valence-corrected chi connectivity index (χ2v) is 6.96. The minimum absolute atomic E-state index is 0.0178. The Morgan fingerprint density at radius 2 is 1.86 bits per heavy atom. The van der Waals surface area contributed by atoms with Crippen molar-refractivity contribution in [3.05, 3.63) is 70.7 Å². The van der Waals surface area contributed by atoms with Crippen LogP contribution in [-0.4, -0.2) is 20.9 Å². The van der Waals surface area contributed by atoms with E-state index in [1.807, 2.05) is 6.07 Å². The van der Waals surface area contributed by atoms with Crippen LogP contribution in [0.1, 0.15) is 21.7 Å². The quantitative estimate of drug-likeness (QED) is 0.533. The van der Waals surface area contributed by atoms with E-state index in [1.165, 1.54) is 23.5 Å². The second kappa shape index (κ2) is 7.32. The van der Waals surface area contributed by atoms with Gasteiger partial charge in [0.15, 0.2) is 11.6 Å². The fourth-order valence-corrected chi connectivity index (χ4v) is 3.44. The highest BCUT2D eigenvalue weighted by Crippen LogP contribution is 2.26. The number of fused-ring (bicyclic) bond motifs is 1. The molecular weight excluding hydrogens is 379 g/mol. The van der Waals surface area contributed by atoms with Gasteiger partial charge < -0.3 is 10.1 Å². The first-order chi connectivity index (χ1) is 13.5. The number of thiazole rings is 1. The third kappa shape index (κ3) is 3.54. The van der Waals surface area contributed by atoms with Crippen LogP contribution in [0.3, 0.4) is 0 Å². The smallest absolute Gasteiger partial charge is 0.322 e. The van der Waals surface area contributed by atoms with Crippen LogP contribution in [0.25, 0.3) is 10.2 Å². The largest absolute Gasteiger partial charge is 0.421 e. The molecule has 1 amide bonds. The number of ether oxygens (including phenoxy) is 1. The summed E-state index contributed by atoms with van der Waals surface area (Å²) >= 11 is 1.47. The van der Waals surface area contributed by atoms with E-state index in [4.69, 9.17) is 4.74 Å².